The Morgan fingerprint density at radius 2 is 2.00 bits per heavy atom. The normalized spacial score (nSPS) is 27.2. The highest BCUT2D eigenvalue weighted by Gasteiger charge is 2.40. The van der Waals surface area contributed by atoms with E-state index in [-0.39, 0.29) is 24.0 Å². The van der Waals surface area contributed by atoms with Crippen molar-refractivity contribution >= 4 is 11.6 Å². The molecule has 0 spiro atoms. The van der Waals surface area contributed by atoms with Crippen LogP contribution in [0.2, 0.25) is 0 Å². The van der Waals surface area contributed by atoms with Crippen molar-refractivity contribution in [2.45, 2.75) is 64.5 Å². The largest absolute Gasteiger partial charge is 0.393 e. The quantitative estimate of drug-likeness (QED) is 0.910. The molecule has 2 fully saturated rings. The van der Waals surface area contributed by atoms with E-state index in [2.05, 4.69) is 10.1 Å². The third-order valence-electron chi connectivity index (χ3n) is 6.00. The Balaban J connectivity index is 1.68. The van der Waals surface area contributed by atoms with Crippen molar-refractivity contribution in [2.75, 3.05) is 6.54 Å². The maximum atomic E-state index is 13.4. The van der Waals surface area contributed by atoms with Crippen molar-refractivity contribution < 1.29 is 9.90 Å². The topological polar surface area (TPSA) is 70.7 Å². The van der Waals surface area contributed by atoms with E-state index in [1.807, 2.05) is 24.8 Å². The van der Waals surface area contributed by atoms with Gasteiger partial charge < -0.3 is 10.0 Å². The Labute approximate surface area is 147 Å². The number of amides is 1. The average molecular weight is 342 g/mol. The summed E-state index contributed by atoms with van der Waals surface area (Å²) in [7, 11) is 0. The van der Waals surface area contributed by atoms with Crippen LogP contribution in [0.3, 0.4) is 0 Å². The summed E-state index contributed by atoms with van der Waals surface area (Å²) >= 11 is 0. The van der Waals surface area contributed by atoms with Crippen molar-refractivity contribution in [1.82, 2.24) is 19.5 Å². The lowest BCUT2D eigenvalue weighted by molar-refractivity contribution is 0.0210. The molecule has 6 heteroatoms. The molecule has 0 aromatic carbocycles. The van der Waals surface area contributed by atoms with Crippen molar-refractivity contribution in [3.05, 3.63) is 29.2 Å². The SMILES string of the molecule is Cc1nc2ccnn2c(C)c1C(=O)N1CCC[C@@H]1[C@H]1CCCC[C@H]1O. The number of fused-ring (bicyclic) bond motifs is 1. The molecule has 1 amide bonds. The molecular formula is C19H26N4O2. The summed E-state index contributed by atoms with van der Waals surface area (Å²) in [6.45, 7) is 4.60. The molecule has 0 unspecified atom stereocenters. The first-order chi connectivity index (χ1) is 12.1. The number of carbonyl (C=O) groups is 1. The lowest BCUT2D eigenvalue weighted by Crippen LogP contribution is -2.45. The maximum absolute atomic E-state index is 13.4. The van der Waals surface area contributed by atoms with Gasteiger partial charge in [0.2, 0.25) is 0 Å². The first kappa shape index (κ1) is 16.5. The number of aliphatic hydroxyl groups is 1. The van der Waals surface area contributed by atoms with E-state index in [0.717, 1.165) is 62.1 Å². The first-order valence-corrected chi connectivity index (χ1v) is 9.38. The number of hydrogen-bond donors (Lipinski definition) is 1. The van der Waals surface area contributed by atoms with E-state index >= 15 is 0 Å². The fourth-order valence-electron chi connectivity index (χ4n) is 4.77. The van der Waals surface area contributed by atoms with Crippen LogP contribution in [0.5, 0.6) is 0 Å². The van der Waals surface area contributed by atoms with Crippen LogP contribution in [-0.2, 0) is 0 Å². The minimum atomic E-state index is -0.277. The number of carbonyl (C=O) groups excluding carboxylic acids is 1. The van der Waals surface area contributed by atoms with E-state index in [1.54, 1.807) is 10.7 Å². The van der Waals surface area contributed by atoms with Gasteiger partial charge in [0.15, 0.2) is 5.65 Å². The molecule has 1 saturated heterocycles. The molecular weight excluding hydrogens is 316 g/mol. The van der Waals surface area contributed by atoms with Gasteiger partial charge in [-0.05, 0) is 39.5 Å². The molecule has 2 aliphatic rings. The minimum absolute atomic E-state index is 0.0418. The summed E-state index contributed by atoms with van der Waals surface area (Å²) in [5.41, 5.74) is 3.03. The fourth-order valence-corrected chi connectivity index (χ4v) is 4.77. The maximum Gasteiger partial charge on any atom is 0.257 e. The predicted octanol–water partition coefficient (Wildman–Crippen LogP) is 2.50. The van der Waals surface area contributed by atoms with Crippen LogP contribution in [0.25, 0.3) is 5.65 Å². The zero-order chi connectivity index (χ0) is 17.6. The van der Waals surface area contributed by atoms with Gasteiger partial charge in [-0.2, -0.15) is 5.10 Å². The predicted molar refractivity (Wildman–Crippen MR) is 94.5 cm³/mol. The van der Waals surface area contributed by atoms with E-state index in [0.29, 0.717) is 5.56 Å². The minimum Gasteiger partial charge on any atom is -0.393 e. The molecule has 4 rings (SSSR count). The number of aryl methyl sites for hydroxylation is 2. The van der Waals surface area contributed by atoms with Gasteiger partial charge in [-0.15, -0.1) is 0 Å². The summed E-state index contributed by atoms with van der Waals surface area (Å²) in [5, 5.41) is 14.8. The van der Waals surface area contributed by atoms with E-state index < -0.39 is 0 Å². The zero-order valence-corrected chi connectivity index (χ0v) is 15.0. The third-order valence-corrected chi connectivity index (χ3v) is 6.00. The van der Waals surface area contributed by atoms with Crippen LogP contribution in [0, 0.1) is 19.8 Å². The Bertz CT molecular complexity index is 800. The molecule has 0 bridgehead atoms. The molecule has 3 atom stereocenters. The molecule has 6 nitrogen and oxygen atoms in total. The second-order valence-electron chi connectivity index (χ2n) is 7.48. The second-order valence-corrected chi connectivity index (χ2v) is 7.48. The molecule has 2 aromatic rings. The molecule has 0 radical (unpaired) electrons. The van der Waals surface area contributed by atoms with Gasteiger partial charge in [0.1, 0.15) is 0 Å². The fraction of sp³-hybridized carbons (Fsp3) is 0.632. The molecule has 1 aliphatic carbocycles. The van der Waals surface area contributed by atoms with Crippen LogP contribution in [0.15, 0.2) is 12.3 Å². The smallest absolute Gasteiger partial charge is 0.257 e. The zero-order valence-electron chi connectivity index (χ0n) is 15.0. The van der Waals surface area contributed by atoms with Crippen LogP contribution < -0.4 is 0 Å². The van der Waals surface area contributed by atoms with Crippen LogP contribution in [0.4, 0.5) is 0 Å². The van der Waals surface area contributed by atoms with E-state index in [1.165, 1.54) is 0 Å². The molecule has 3 heterocycles. The number of nitrogens with zero attached hydrogens (tertiary/aromatic N) is 4. The average Bonchev–Trinajstić information content (AvgIpc) is 3.24. The molecule has 1 N–H and O–H groups in total. The van der Waals surface area contributed by atoms with Crippen LogP contribution in [0.1, 0.15) is 60.3 Å². The number of aliphatic hydroxyl groups excluding tert-OH is 1. The first-order valence-electron chi connectivity index (χ1n) is 9.38. The van der Waals surface area contributed by atoms with Crippen molar-refractivity contribution in [2.24, 2.45) is 5.92 Å². The third kappa shape index (κ3) is 2.72. The Hall–Kier alpha value is -1.95. The highest BCUT2D eigenvalue weighted by molar-refractivity contribution is 5.97. The molecule has 1 saturated carbocycles. The summed E-state index contributed by atoms with van der Waals surface area (Å²) in [6.07, 6.45) is 7.56. The van der Waals surface area contributed by atoms with Gasteiger partial charge in [0.05, 0.1) is 29.3 Å². The van der Waals surface area contributed by atoms with Crippen molar-refractivity contribution in [3.8, 4) is 0 Å². The molecule has 134 valence electrons. The molecule has 1 aliphatic heterocycles. The van der Waals surface area contributed by atoms with Crippen LogP contribution in [-0.4, -0.2) is 49.2 Å². The lowest BCUT2D eigenvalue weighted by atomic mass is 9.80. The van der Waals surface area contributed by atoms with Gasteiger partial charge in [-0.3, -0.25) is 4.79 Å². The van der Waals surface area contributed by atoms with Gasteiger partial charge in [0.25, 0.3) is 5.91 Å². The van der Waals surface area contributed by atoms with E-state index in [9.17, 15) is 9.90 Å². The van der Waals surface area contributed by atoms with Crippen molar-refractivity contribution in [3.63, 3.8) is 0 Å². The Kier molecular flexibility index (Phi) is 4.23. The summed E-state index contributed by atoms with van der Waals surface area (Å²) in [6, 6.07) is 2.00. The molecule has 25 heavy (non-hydrogen) atoms. The van der Waals surface area contributed by atoms with Gasteiger partial charge in [0, 0.05) is 24.6 Å². The van der Waals surface area contributed by atoms with Gasteiger partial charge in [-0.25, -0.2) is 9.50 Å². The number of hydrogen-bond acceptors (Lipinski definition) is 4. The lowest BCUT2D eigenvalue weighted by Gasteiger charge is -2.37. The summed E-state index contributed by atoms with van der Waals surface area (Å²) in [4.78, 5) is 19.9. The number of aromatic nitrogens is 3. The molecule has 2 aromatic heterocycles. The van der Waals surface area contributed by atoms with Crippen molar-refractivity contribution in [1.29, 1.82) is 0 Å². The standard InChI is InChI=1S/C19H26N4O2/c1-12-18(13(2)23-17(21-12)9-10-20-23)19(25)22-11-5-7-15(22)14-6-3-4-8-16(14)24/h9-10,14-16,24H,3-8,11H2,1-2H3/t14-,15-,16-/m1/s1. The number of rotatable bonds is 2. The second kappa shape index (κ2) is 6.41. The Morgan fingerprint density at radius 3 is 2.80 bits per heavy atom. The van der Waals surface area contributed by atoms with Gasteiger partial charge in [-0.1, -0.05) is 12.8 Å². The summed E-state index contributed by atoms with van der Waals surface area (Å²) < 4.78 is 1.74. The van der Waals surface area contributed by atoms with Gasteiger partial charge >= 0.3 is 0 Å². The highest BCUT2D eigenvalue weighted by Crippen LogP contribution is 2.35. The number of likely N-dealkylation sites (tertiary alicyclic amines) is 1. The summed E-state index contributed by atoms with van der Waals surface area (Å²) in [5.74, 6) is 0.252. The van der Waals surface area contributed by atoms with Crippen LogP contribution >= 0.6 is 0 Å². The van der Waals surface area contributed by atoms with E-state index in [4.69, 9.17) is 0 Å². The Morgan fingerprint density at radius 1 is 1.20 bits per heavy atom. The monoisotopic (exact) mass is 342 g/mol. The highest BCUT2D eigenvalue weighted by atomic mass is 16.3.